The zero-order valence-corrected chi connectivity index (χ0v) is 43.7. The zero-order valence-electron chi connectivity index (χ0n) is 43.7. The van der Waals surface area contributed by atoms with Crippen LogP contribution in [-0.2, 0) is 47.4 Å². The summed E-state index contributed by atoms with van der Waals surface area (Å²) < 4.78 is 61.9. The molecule has 0 aromatic heterocycles. The van der Waals surface area contributed by atoms with E-state index in [4.69, 9.17) is 47.4 Å². The van der Waals surface area contributed by atoms with Crippen molar-refractivity contribution in [3.63, 3.8) is 0 Å². The molecule has 426 valence electrons. The maximum absolute atomic E-state index is 11.6. The van der Waals surface area contributed by atoms with Crippen molar-refractivity contribution >= 4 is 0 Å². The highest BCUT2D eigenvalue weighted by molar-refractivity contribution is 5.26. The Morgan fingerprint density at radius 2 is 1.23 bits per heavy atom. The molecule has 5 saturated heterocycles. The largest absolute Gasteiger partial charge is 0.394 e. The lowest BCUT2D eigenvalue weighted by Gasteiger charge is -2.58. The third-order valence-electron chi connectivity index (χ3n) is 19.8. The summed E-state index contributed by atoms with van der Waals surface area (Å²) in [5.41, 5.74) is 1.17. The number of methoxy groups -OCH3 is 1. The molecule has 5 aliphatic heterocycles. The lowest BCUT2D eigenvalue weighted by atomic mass is 9.47. The second-order valence-electron chi connectivity index (χ2n) is 24.0. The average molecular weight is 1060 g/mol. The number of hydrogen-bond acceptors (Lipinski definition) is 22. The van der Waals surface area contributed by atoms with Crippen molar-refractivity contribution in [2.24, 2.45) is 46.3 Å². The molecule has 0 aromatic carbocycles. The smallest absolute Gasteiger partial charge is 0.187 e. The molecule has 3 saturated carbocycles. The molecular weight excluding hydrogens is 977 g/mol. The molecule has 4 aliphatic carbocycles. The van der Waals surface area contributed by atoms with Crippen molar-refractivity contribution in [2.45, 2.75) is 240 Å². The summed E-state index contributed by atoms with van der Waals surface area (Å²) in [6.45, 7) is 11.1. The third-order valence-corrected chi connectivity index (χ3v) is 19.8. The van der Waals surface area contributed by atoms with Crippen LogP contribution >= 0.6 is 0 Å². The maximum atomic E-state index is 11.6. The fourth-order valence-electron chi connectivity index (χ4n) is 15.2. The van der Waals surface area contributed by atoms with Crippen LogP contribution in [0.15, 0.2) is 11.6 Å². The number of aliphatic hydroxyl groups is 12. The Hall–Kier alpha value is -1.14. The standard InChI is InChI=1S/C52H86O22/c1-21(20-66-46-41(62)40(61)36(57)31(18-53)70-46)10-15-52(65-7)22(2)33-30(74-52)17-29-27-9-8-25-16-26(11-13-50(25,5)28(27)12-14-51(29,33)6)69-49-45(73-48-43(64)39(60)35(56)24(4)68-48)44(37(58)32(19-54)71-49)72-47-42(63)38(59)34(55)23(3)67-47/h8,21-24,26-49,53-64H,9-20H2,1-7H3/t21-,22+,23+,24+,26?,27-,28+,29+,30+,31-,32-,33+,34+,35+,36-,37-,38-,39-,40+,41-,42-,43-,44+,45-,46-,47+,48+,49-,50+,51+,52?/m1/s1. The van der Waals surface area contributed by atoms with E-state index in [1.807, 2.05) is 6.92 Å². The second kappa shape index (κ2) is 22.4. The molecule has 8 fully saturated rings. The van der Waals surface area contributed by atoms with E-state index in [1.54, 1.807) is 7.11 Å². The van der Waals surface area contributed by atoms with Crippen molar-refractivity contribution in [3.05, 3.63) is 11.6 Å². The molecular formula is C52H86O22. The first-order valence-electron chi connectivity index (χ1n) is 27.2. The molecule has 0 aromatic rings. The van der Waals surface area contributed by atoms with Crippen LogP contribution in [0.3, 0.4) is 0 Å². The van der Waals surface area contributed by atoms with Gasteiger partial charge in [-0.15, -0.1) is 0 Å². The van der Waals surface area contributed by atoms with E-state index in [2.05, 4.69) is 26.8 Å². The topological polar surface area (TPSA) is 335 Å². The molecule has 0 bridgehead atoms. The summed E-state index contributed by atoms with van der Waals surface area (Å²) in [6.07, 6.45) is -19.7. The van der Waals surface area contributed by atoms with Gasteiger partial charge in [0, 0.05) is 19.4 Å². The zero-order chi connectivity index (χ0) is 53.5. The Balaban J connectivity index is 0.868. The fraction of sp³-hybridized carbons (Fsp3) is 0.962. The first-order valence-corrected chi connectivity index (χ1v) is 27.2. The Morgan fingerprint density at radius 3 is 1.85 bits per heavy atom. The van der Waals surface area contributed by atoms with Gasteiger partial charge >= 0.3 is 0 Å². The Labute approximate surface area is 432 Å². The fourth-order valence-corrected chi connectivity index (χ4v) is 15.2. The number of hydrogen-bond donors (Lipinski definition) is 12. The summed E-state index contributed by atoms with van der Waals surface area (Å²) >= 11 is 0. The van der Waals surface area contributed by atoms with E-state index in [1.165, 1.54) is 19.4 Å². The Kier molecular flexibility index (Phi) is 17.4. The van der Waals surface area contributed by atoms with Crippen LogP contribution in [0.5, 0.6) is 0 Å². The quantitative estimate of drug-likeness (QED) is 0.0846. The minimum atomic E-state index is -1.77. The molecule has 0 radical (unpaired) electrons. The molecule has 74 heavy (non-hydrogen) atoms. The highest BCUT2D eigenvalue weighted by Crippen LogP contribution is 2.70. The Morgan fingerprint density at radius 1 is 0.649 bits per heavy atom. The van der Waals surface area contributed by atoms with Crippen LogP contribution in [0.25, 0.3) is 0 Å². The molecule has 12 N–H and O–H groups in total. The minimum absolute atomic E-state index is 0.00261. The van der Waals surface area contributed by atoms with E-state index in [0.717, 1.165) is 32.1 Å². The minimum Gasteiger partial charge on any atom is -0.394 e. The van der Waals surface area contributed by atoms with Gasteiger partial charge in [0.15, 0.2) is 30.9 Å². The van der Waals surface area contributed by atoms with Crippen LogP contribution in [-0.4, -0.2) is 229 Å². The Bertz CT molecular complexity index is 1920. The van der Waals surface area contributed by atoms with Gasteiger partial charge in [0.25, 0.3) is 0 Å². The lowest BCUT2D eigenvalue weighted by molar-refractivity contribution is -0.393. The van der Waals surface area contributed by atoms with Gasteiger partial charge in [-0.25, -0.2) is 0 Å². The number of ether oxygens (including phenoxy) is 10. The van der Waals surface area contributed by atoms with Gasteiger partial charge in [-0.2, -0.15) is 0 Å². The highest BCUT2D eigenvalue weighted by Gasteiger charge is 2.68. The second-order valence-corrected chi connectivity index (χ2v) is 24.0. The SMILES string of the molecule is COC1(CC[C@@H](C)CO[C@@H]2O[C@H](CO)[C@@H](O)[C@H](O)[C@H]2O)O[C@H]2C[C@H]3[C@@H]4CC=C5CC(O[C@@H]6O[C@H](CO)[C@@H](O)[C@H](O[C@@H]7O[C@@H](C)[C@H](O)[C@@H](O)[C@H]7O)[C@H]6O[C@@H]6O[C@@H](C)[C@H](O)[C@@H](O)[C@H]6O)CC[C@]5(C)[C@H]4CC[C@]3(C)[C@H]2[C@@H]1C. The van der Waals surface area contributed by atoms with Crippen LogP contribution in [0, 0.1) is 46.3 Å². The maximum Gasteiger partial charge on any atom is 0.187 e. The van der Waals surface area contributed by atoms with E-state index in [-0.39, 0.29) is 41.3 Å². The van der Waals surface area contributed by atoms with Crippen molar-refractivity contribution in [1.82, 2.24) is 0 Å². The molecule has 22 heteroatoms. The van der Waals surface area contributed by atoms with Crippen LogP contribution in [0.1, 0.15) is 99.3 Å². The third kappa shape index (κ3) is 10.1. The summed E-state index contributed by atoms with van der Waals surface area (Å²) in [7, 11) is 1.72. The van der Waals surface area contributed by atoms with Gasteiger partial charge in [-0.1, -0.05) is 39.3 Å². The van der Waals surface area contributed by atoms with E-state index in [0.29, 0.717) is 43.4 Å². The van der Waals surface area contributed by atoms with Gasteiger partial charge in [-0.3, -0.25) is 0 Å². The van der Waals surface area contributed by atoms with Crippen molar-refractivity contribution in [3.8, 4) is 0 Å². The first kappa shape index (κ1) is 57.5. The summed E-state index contributed by atoms with van der Waals surface area (Å²) in [5, 5.41) is 127. The first-order chi connectivity index (χ1) is 35.0. The van der Waals surface area contributed by atoms with Crippen molar-refractivity contribution < 1.29 is 109 Å². The van der Waals surface area contributed by atoms with E-state index < -0.39 is 148 Å². The molecule has 2 unspecified atom stereocenters. The molecule has 31 atom stereocenters. The number of rotatable bonds is 15. The van der Waals surface area contributed by atoms with E-state index in [9.17, 15) is 61.3 Å². The lowest BCUT2D eigenvalue weighted by Crippen LogP contribution is -2.67. The number of aliphatic hydroxyl groups excluding tert-OH is 12. The summed E-state index contributed by atoms with van der Waals surface area (Å²) in [5.74, 6) is 0.851. The van der Waals surface area contributed by atoms with Crippen molar-refractivity contribution in [2.75, 3.05) is 26.9 Å². The van der Waals surface area contributed by atoms with Crippen molar-refractivity contribution in [1.29, 1.82) is 0 Å². The average Bonchev–Trinajstić information content (AvgIpc) is 3.84. The number of fused-ring (bicyclic) bond motifs is 7. The molecule has 0 spiro atoms. The summed E-state index contributed by atoms with van der Waals surface area (Å²) in [4.78, 5) is 0. The molecule has 5 heterocycles. The predicted molar refractivity (Wildman–Crippen MR) is 254 cm³/mol. The summed E-state index contributed by atoms with van der Waals surface area (Å²) in [6, 6.07) is 0. The van der Waals surface area contributed by atoms with Crippen LogP contribution in [0.4, 0.5) is 0 Å². The molecule has 0 amide bonds. The van der Waals surface area contributed by atoms with Gasteiger partial charge in [0.2, 0.25) is 0 Å². The van der Waals surface area contributed by atoms with Gasteiger partial charge in [0.05, 0.1) is 44.2 Å². The molecule has 9 aliphatic rings. The van der Waals surface area contributed by atoms with E-state index >= 15 is 0 Å². The monoisotopic (exact) mass is 1060 g/mol. The highest BCUT2D eigenvalue weighted by atomic mass is 16.8. The van der Waals surface area contributed by atoms with Gasteiger partial charge in [-0.05, 0) is 106 Å². The number of allylic oxidation sites excluding steroid dienone is 1. The predicted octanol–water partition coefficient (Wildman–Crippen LogP) is -1.33. The van der Waals surface area contributed by atoms with Gasteiger partial charge in [0.1, 0.15) is 85.5 Å². The van der Waals surface area contributed by atoms with Gasteiger partial charge < -0.3 is 109 Å². The van der Waals surface area contributed by atoms with Crippen LogP contribution < -0.4 is 0 Å². The molecule has 9 rings (SSSR count). The van der Waals surface area contributed by atoms with Crippen LogP contribution in [0.2, 0.25) is 0 Å². The molecule has 22 nitrogen and oxygen atoms in total. The normalized spacial score (nSPS) is 54.9.